The van der Waals surface area contributed by atoms with Crippen LogP contribution in [-0.2, 0) is 4.79 Å². The molecule has 1 saturated heterocycles. The largest absolute Gasteiger partial charge is 0.405 e. The Kier molecular flexibility index (Phi) is 15.5. The number of hydrogen-bond acceptors (Lipinski definition) is 3. The standard InChI is InChI=1S/C11H19N3O.2C2H6/c1-10-3-7-14(8-4-10)11(15)9-13-6-2-5-12;2*1-2/h2,5-6,10H,3-4,7-9,12H2,1H3;2*1-2H3/b5-2-,13-6?;;. The molecule has 2 N–H and O–H groups in total. The molecule has 1 amide bonds. The van der Waals surface area contributed by atoms with Crippen molar-refractivity contribution in [2.45, 2.75) is 47.5 Å². The topological polar surface area (TPSA) is 58.7 Å². The number of hydrogen-bond donors (Lipinski definition) is 1. The lowest BCUT2D eigenvalue weighted by atomic mass is 9.99. The van der Waals surface area contributed by atoms with E-state index >= 15 is 0 Å². The van der Waals surface area contributed by atoms with Gasteiger partial charge in [-0.05, 0) is 31.0 Å². The fourth-order valence-corrected chi connectivity index (χ4v) is 1.60. The minimum Gasteiger partial charge on any atom is -0.405 e. The fraction of sp³-hybridized carbons (Fsp3) is 0.733. The Morgan fingerprint density at radius 1 is 1.26 bits per heavy atom. The SMILES string of the molecule is CC.CC.CC1CCN(C(=O)CN=C/C=C\N)CC1. The van der Waals surface area contributed by atoms with Crippen molar-refractivity contribution in [3.63, 3.8) is 0 Å². The van der Waals surface area contributed by atoms with Crippen molar-refractivity contribution in [1.29, 1.82) is 0 Å². The van der Waals surface area contributed by atoms with Crippen molar-refractivity contribution < 1.29 is 4.79 Å². The van der Waals surface area contributed by atoms with Gasteiger partial charge < -0.3 is 10.6 Å². The number of allylic oxidation sites excluding steroid dienone is 1. The number of carbonyl (C=O) groups excluding carboxylic acids is 1. The molecule has 1 aliphatic heterocycles. The number of piperidine rings is 1. The van der Waals surface area contributed by atoms with Crippen LogP contribution in [0.2, 0.25) is 0 Å². The van der Waals surface area contributed by atoms with Crippen LogP contribution in [0.1, 0.15) is 47.5 Å². The van der Waals surface area contributed by atoms with Crippen LogP contribution >= 0.6 is 0 Å². The molecule has 1 rings (SSSR count). The highest BCUT2D eigenvalue weighted by Crippen LogP contribution is 2.15. The first-order valence-electron chi connectivity index (χ1n) is 7.38. The van der Waals surface area contributed by atoms with Gasteiger partial charge in [-0.15, -0.1) is 0 Å². The number of rotatable bonds is 3. The number of aliphatic imine (C=N–C) groups is 1. The Labute approximate surface area is 118 Å². The van der Waals surface area contributed by atoms with E-state index in [0.717, 1.165) is 31.8 Å². The fourth-order valence-electron chi connectivity index (χ4n) is 1.60. The summed E-state index contributed by atoms with van der Waals surface area (Å²) in [5.41, 5.74) is 5.14. The second-order valence-corrected chi connectivity index (χ2v) is 3.94. The van der Waals surface area contributed by atoms with Gasteiger partial charge in [-0.3, -0.25) is 9.79 Å². The first-order valence-corrected chi connectivity index (χ1v) is 7.38. The molecule has 0 spiro atoms. The summed E-state index contributed by atoms with van der Waals surface area (Å²) < 4.78 is 0. The van der Waals surface area contributed by atoms with E-state index in [4.69, 9.17) is 5.73 Å². The smallest absolute Gasteiger partial charge is 0.244 e. The maximum absolute atomic E-state index is 11.6. The van der Waals surface area contributed by atoms with Crippen LogP contribution in [-0.4, -0.2) is 36.7 Å². The van der Waals surface area contributed by atoms with E-state index in [1.165, 1.54) is 6.20 Å². The molecular weight excluding hydrogens is 238 g/mol. The molecule has 0 atom stereocenters. The van der Waals surface area contributed by atoms with Gasteiger partial charge in [0.15, 0.2) is 0 Å². The molecule has 1 aliphatic rings. The van der Waals surface area contributed by atoms with Crippen molar-refractivity contribution in [2.75, 3.05) is 19.6 Å². The Balaban J connectivity index is 0. The minimum absolute atomic E-state index is 0.114. The Morgan fingerprint density at radius 2 is 1.79 bits per heavy atom. The van der Waals surface area contributed by atoms with E-state index in [2.05, 4.69) is 11.9 Å². The summed E-state index contributed by atoms with van der Waals surface area (Å²) in [6, 6.07) is 0. The molecular formula is C15H31N3O. The second kappa shape index (κ2) is 14.7. The zero-order chi connectivity index (χ0) is 15.1. The number of carbonyl (C=O) groups is 1. The summed E-state index contributed by atoms with van der Waals surface area (Å²) in [6.45, 7) is 12.2. The molecule has 0 radical (unpaired) electrons. The van der Waals surface area contributed by atoms with E-state index in [0.29, 0.717) is 0 Å². The van der Waals surface area contributed by atoms with Gasteiger partial charge in [-0.25, -0.2) is 0 Å². The molecule has 0 aromatic carbocycles. The third-order valence-electron chi connectivity index (χ3n) is 2.67. The van der Waals surface area contributed by atoms with Crippen molar-refractivity contribution >= 4 is 12.1 Å². The highest BCUT2D eigenvalue weighted by molar-refractivity contribution is 5.81. The molecule has 19 heavy (non-hydrogen) atoms. The van der Waals surface area contributed by atoms with Crippen LogP contribution in [0, 0.1) is 5.92 Å². The van der Waals surface area contributed by atoms with Gasteiger partial charge in [0.2, 0.25) is 5.91 Å². The predicted molar refractivity (Wildman–Crippen MR) is 84.4 cm³/mol. The summed E-state index contributed by atoms with van der Waals surface area (Å²) in [4.78, 5) is 17.5. The zero-order valence-electron chi connectivity index (χ0n) is 13.2. The van der Waals surface area contributed by atoms with Crippen molar-refractivity contribution in [3.05, 3.63) is 12.3 Å². The normalized spacial score (nSPS) is 15.7. The zero-order valence-corrected chi connectivity index (χ0v) is 13.2. The predicted octanol–water partition coefficient (Wildman–Crippen LogP) is 2.84. The van der Waals surface area contributed by atoms with Crippen LogP contribution in [0.3, 0.4) is 0 Å². The Morgan fingerprint density at radius 3 is 2.26 bits per heavy atom. The third kappa shape index (κ3) is 10.3. The summed E-state index contributed by atoms with van der Waals surface area (Å²) in [7, 11) is 0. The highest BCUT2D eigenvalue weighted by atomic mass is 16.2. The Hall–Kier alpha value is -1.32. The van der Waals surface area contributed by atoms with Gasteiger partial charge in [-0.1, -0.05) is 34.6 Å². The molecule has 0 unspecified atom stereocenters. The van der Waals surface area contributed by atoms with Gasteiger partial charge in [0, 0.05) is 19.3 Å². The van der Waals surface area contributed by atoms with Gasteiger partial charge in [0.05, 0.1) is 0 Å². The first kappa shape index (κ1) is 20.0. The van der Waals surface area contributed by atoms with Crippen LogP contribution in [0.15, 0.2) is 17.3 Å². The molecule has 1 heterocycles. The van der Waals surface area contributed by atoms with Crippen molar-refractivity contribution in [2.24, 2.45) is 16.6 Å². The molecule has 112 valence electrons. The molecule has 1 fully saturated rings. The summed E-state index contributed by atoms with van der Waals surface area (Å²) in [5.74, 6) is 0.862. The molecule has 4 nitrogen and oxygen atoms in total. The van der Waals surface area contributed by atoms with Crippen LogP contribution in [0.25, 0.3) is 0 Å². The average Bonchev–Trinajstić information content (AvgIpc) is 2.48. The van der Waals surface area contributed by atoms with Crippen LogP contribution < -0.4 is 5.73 Å². The van der Waals surface area contributed by atoms with Gasteiger partial charge in [-0.2, -0.15) is 0 Å². The second-order valence-electron chi connectivity index (χ2n) is 3.94. The summed E-state index contributed by atoms with van der Waals surface area (Å²) in [5, 5.41) is 0. The van der Waals surface area contributed by atoms with Crippen LogP contribution in [0.5, 0.6) is 0 Å². The van der Waals surface area contributed by atoms with E-state index in [1.807, 2.05) is 32.6 Å². The van der Waals surface area contributed by atoms with E-state index in [1.54, 1.807) is 12.3 Å². The number of nitrogens with zero attached hydrogens (tertiary/aromatic N) is 2. The summed E-state index contributed by atoms with van der Waals surface area (Å²) in [6.07, 6.45) is 6.79. The summed E-state index contributed by atoms with van der Waals surface area (Å²) >= 11 is 0. The lowest BCUT2D eigenvalue weighted by Gasteiger charge is -2.29. The van der Waals surface area contributed by atoms with Gasteiger partial charge in [0.1, 0.15) is 6.54 Å². The first-order chi connectivity index (χ1) is 9.24. The van der Waals surface area contributed by atoms with E-state index < -0.39 is 0 Å². The van der Waals surface area contributed by atoms with E-state index in [-0.39, 0.29) is 12.5 Å². The number of amides is 1. The molecule has 0 aliphatic carbocycles. The third-order valence-corrected chi connectivity index (χ3v) is 2.67. The maximum Gasteiger partial charge on any atom is 0.244 e. The molecule has 0 bridgehead atoms. The van der Waals surface area contributed by atoms with E-state index in [9.17, 15) is 4.79 Å². The quantitative estimate of drug-likeness (QED) is 0.801. The van der Waals surface area contributed by atoms with Crippen molar-refractivity contribution in [3.8, 4) is 0 Å². The van der Waals surface area contributed by atoms with Crippen molar-refractivity contribution in [1.82, 2.24) is 4.90 Å². The monoisotopic (exact) mass is 269 g/mol. The van der Waals surface area contributed by atoms with Gasteiger partial charge >= 0.3 is 0 Å². The Bertz CT molecular complexity index is 254. The van der Waals surface area contributed by atoms with Crippen LogP contribution in [0.4, 0.5) is 0 Å². The number of likely N-dealkylation sites (tertiary alicyclic amines) is 1. The molecule has 0 aromatic heterocycles. The average molecular weight is 269 g/mol. The molecule has 4 heteroatoms. The molecule has 0 aromatic rings. The highest BCUT2D eigenvalue weighted by Gasteiger charge is 2.19. The maximum atomic E-state index is 11.6. The minimum atomic E-state index is 0.114. The molecule has 0 saturated carbocycles. The lowest BCUT2D eigenvalue weighted by Crippen LogP contribution is -2.39. The number of nitrogens with two attached hydrogens (primary N) is 1. The lowest BCUT2D eigenvalue weighted by molar-refractivity contribution is -0.130. The van der Waals surface area contributed by atoms with Gasteiger partial charge in [0.25, 0.3) is 0 Å².